The Labute approximate surface area is 119 Å². The molecule has 0 aliphatic rings. The van der Waals surface area contributed by atoms with Crippen molar-refractivity contribution in [3.8, 4) is 0 Å². The van der Waals surface area contributed by atoms with E-state index in [1.54, 1.807) is 11.8 Å². The molecular formula is C15H22N2O3. The number of rotatable bonds is 7. The second-order valence-electron chi connectivity index (χ2n) is 4.41. The zero-order chi connectivity index (χ0) is 15.0. The predicted molar refractivity (Wildman–Crippen MR) is 78.3 cm³/mol. The highest BCUT2D eigenvalue weighted by Gasteiger charge is 2.28. The molecule has 5 nitrogen and oxygen atoms in total. The van der Waals surface area contributed by atoms with Gasteiger partial charge in [-0.25, -0.2) is 4.79 Å². The van der Waals surface area contributed by atoms with Crippen LogP contribution < -0.4 is 10.6 Å². The van der Waals surface area contributed by atoms with Crippen LogP contribution in [0.3, 0.4) is 0 Å². The quantitative estimate of drug-likeness (QED) is 0.608. The molecule has 0 aliphatic heterocycles. The van der Waals surface area contributed by atoms with Crippen LogP contribution in [-0.4, -0.2) is 31.1 Å². The van der Waals surface area contributed by atoms with E-state index in [9.17, 15) is 9.59 Å². The molecule has 2 N–H and O–H groups in total. The predicted octanol–water partition coefficient (Wildman–Crippen LogP) is 1.71. The molecule has 0 bridgehead atoms. The van der Waals surface area contributed by atoms with E-state index in [2.05, 4.69) is 0 Å². The Morgan fingerprint density at radius 3 is 2.45 bits per heavy atom. The summed E-state index contributed by atoms with van der Waals surface area (Å²) in [6, 6.07) is 7.94. The van der Waals surface area contributed by atoms with Gasteiger partial charge in [-0.05, 0) is 25.5 Å². The maximum absolute atomic E-state index is 12.4. The molecule has 20 heavy (non-hydrogen) atoms. The monoisotopic (exact) mass is 278 g/mol. The third kappa shape index (κ3) is 4.35. The van der Waals surface area contributed by atoms with E-state index in [0.29, 0.717) is 6.54 Å². The number of nitrogens with zero attached hydrogens (tertiary/aromatic N) is 1. The van der Waals surface area contributed by atoms with E-state index in [-0.39, 0.29) is 6.61 Å². The maximum atomic E-state index is 12.4. The number of amides is 1. The van der Waals surface area contributed by atoms with Gasteiger partial charge in [0.1, 0.15) is 0 Å². The first kappa shape index (κ1) is 16.2. The number of carbonyl (C=O) groups is 2. The number of hydrogen-bond acceptors (Lipinski definition) is 4. The van der Waals surface area contributed by atoms with Gasteiger partial charge in [0.15, 0.2) is 6.04 Å². The summed E-state index contributed by atoms with van der Waals surface area (Å²) in [7, 11) is 0. The van der Waals surface area contributed by atoms with E-state index >= 15 is 0 Å². The molecular weight excluding hydrogens is 256 g/mol. The molecule has 0 heterocycles. The van der Waals surface area contributed by atoms with E-state index in [1.807, 2.05) is 37.3 Å². The molecule has 1 unspecified atom stereocenters. The zero-order valence-electron chi connectivity index (χ0n) is 12.0. The fourth-order valence-corrected chi connectivity index (χ4v) is 1.79. The molecule has 1 aromatic rings. The maximum Gasteiger partial charge on any atom is 0.332 e. The Bertz CT molecular complexity index is 434. The summed E-state index contributed by atoms with van der Waals surface area (Å²) in [5.74, 6) is -1.11. The average Bonchev–Trinajstić information content (AvgIpc) is 2.48. The number of unbranched alkanes of at least 4 members (excludes halogenated alkanes) is 1. The lowest BCUT2D eigenvalue weighted by Gasteiger charge is -2.25. The van der Waals surface area contributed by atoms with Crippen LogP contribution in [0.15, 0.2) is 30.3 Å². The van der Waals surface area contributed by atoms with Crippen LogP contribution in [0.4, 0.5) is 5.69 Å². The fourth-order valence-electron chi connectivity index (χ4n) is 1.79. The average molecular weight is 278 g/mol. The summed E-state index contributed by atoms with van der Waals surface area (Å²) in [6.45, 7) is 4.46. The summed E-state index contributed by atoms with van der Waals surface area (Å²) in [5.41, 5.74) is 6.43. The van der Waals surface area contributed by atoms with Crippen LogP contribution in [0.25, 0.3) is 0 Å². The van der Waals surface area contributed by atoms with Gasteiger partial charge in [-0.15, -0.1) is 0 Å². The molecule has 0 spiro atoms. The van der Waals surface area contributed by atoms with Gasteiger partial charge in [0.25, 0.3) is 5.91 Å². The lowest BCUT2D eigenvalue weighted by Crippen LogP contribution is -2.49. The van der Waals surface area contributed by atoms with Crippen LogP contribution in [0.1, 0.15) is 26.7 Å². The van der Waals surface area contributed by atoms with Gasteiger partial charge in [-0.2, -0.15) is 0 Å². The van der Waals surface area contributed by atoms with Crippen LogP contribution in [-0.2, 0) is 14.3 Å². The number of carbonyl (C=O) groups excluding carboxylic acids is 2. The van der Waals surface area contributed by atoms with Crippen molar-refractivity contribution in [2.24, 2.45) is 5.73 Å². The van der Waals surface area contributed by atoms with Crippen LogP contribution >= 0.6 is 0 Å². The zero-order valence-corrected chi connectivity index (χ0v) is 12.0. The second-order valence-corrected chi connectivity index (χ2v) is 4.41. The topological polar surface area (TPSA) is 72.6 Å². The fraction of sp³-hybridized carbons (Fsp3) is 0.467. The number of para-hydroxylation sites is 1. The highest BCUT2D eigenvalue weighted by Crippen LogP contribution is 2.15. The van der Waals surface area contributed by atoms with Crippen LogP contribution in [0.2, 0.25) is 0 Å². The van der Waals surface area contributed by atoms with Crippen LogP contribution in [0, 0.1) is 0 Å². The van der Waals surface area contributed by atoms with Crippen molar-refractivity contribution in [1.29, 1.82) is 0 Å². The molecule has 0 aromatic heterocycles. The highest BCUT2D eigenvalue weighted by molar-refractivity contribution is 6.09. The van der Waals surface area contributed by atoms with Gasteiger partial charge in [-0.3, -0.25) is 4.79 Å². The van der Waals surface area contributed by atoms with Gasteiger partial charge in [0.2, 0.25) is 0 Å². The van der Waals surface area contributed by atoms with Gasteiger partial charge in [-0.1, -0.05) is 31.5 Å². The van der Waals surface area contributed by atoms with Crippen molar-refractivity contribution in [3.63, 3.8) is 0 Å². The molecule has 0 fully saturated rings. The lowest BCUT2D eigenvalue weighted by molar-refractivity contribution is -0.147. The van der Waals surface area contributed by atoms with Crippen molar-refractivity contribution in [2.75, 3.05) is 18.1 Å². The lowest BCUT2D eigenvalue weighted by atomic mass is 10.2. The third-order valence-corrected chi connectivity index (χ3v) is 2.88. The summed E-state index contributed by atoms with van der Waals surface area (Å²) >= 11 is 0. The second kappa shape index (κ2) is 8.32. The van der Waals surface area contributed by atoms with Gasteiger partial charge in [0.05, 0.1) is 6.61 Å². The van der Waals surface area contributed by atoms with E-state index in [0.717, 1.165) is 18.5 Å². The number of benzene rings is 1. The number of hydrogen-bond donors (Lipinski definition) is 1. The Morgan fingerprint density at radius 1 is 1.25 bits per heavy atom. The Balaban J connectivity index is 2.87. The SMILES string of the molecule is CCCCN(C(=O)C(N)C(=O)OCC)c1ccccc1. The first-order chi connectivity index (χ1) is 9.61. The number of nitrogens with two attached hydrogens (primary N) is 1. The standard InChI is InChI=1S/C15H22N2O3/c1-3-5-11-17(12-9-7-6-8-10-12)14(18)13(16)15(19)20-4-2/h6-10,13H,3-5,11,16H2,1-2H3. The largest absolute Gasteiger partial charge is 0.464 e. The smallest absolute Gasteiger partial charge is 0.332 e. The summed E-state index contributed by atoms with van der Waals surface area (Å²) in [5, 5.41) is 0. The Kier molecular flexibility index (Phi) is 6.73. The molecule has 0 radical (unpaired) electrons. The molecule has 5 heteroatoms. The minimum Gasteiger partial charge on any atom is -0.464 e. The van der Waals surface area contributed by atoms with Crippen molar-refractivity contribution in [3.05, 3.63) is 30.3 Å². The van der Waals surface area contributed by atoms with Crippen LogP contribution in [0.5, 0.6) is 0 Å². The van der Waals surface area contributed by atoms with Crippen molar-refractivity contribution in [2.45, 2.75) is 32.7 Å². The molecule has 1 aromatic carbocycles. The van der Waals surface area contributed by atoms with Crippen molar-refractivity contribution in [1.82, 2.24) is 0 Å². The first-order valence-electron chi connectivity index (χ1n) is 6.90. The number of esters is 1. The van der Waals surface area contributed by atoms with Crippen molar-refractivity contribution >= 4 is 17.6 Å². The molecule has 1 amide bonds. The highest BCUT2D eigenvalue weighted by atomic mass is 16.5. The number of ether oxygens (including phenoxy) is 1. The van der Waals surface area contributed by atoms with Crippen molar-refractivity contribution < 1.29 is 14.3 Å². The molecule has 110 valence electrons. The molecule has 0 aliphatic carbocycles. The summed E-state index contributed by atoms with van der Waals surface area (Å²) < 4.78 is 4.80. The minimum absolute atomic E-state index is 0.208. The Hall–Kier alpha value is -1.88. The van der Waals surface area contributed by atoms with Gasteiger partial charge in [0, 0.05) is 12.2 Å². The minimum atomic E-state index is -1.27. The Morgan fingerprint density at radius 2 is 1.90 bits per heavy atom. The first-order valence-corrected chi connectivity index (χ1v) is 6.90. The van der Waals surface area contributed by atoms with E-state index < -0.39 is 17.9 Å². The van der Waals surface area contributed by atoms with E-state index in [4.69, 9.17) is 10.5 Å². The van der Waals surface area contributed by atoms with Gasteiger partial charge >= 0.3 is 5.97 Å². The third-order valence-electron chi connectivity index (χ3n) is 2.88. The summed E-state index contributed by atoms with van der Waals surface area (Å²) in [6.07, 6.45) is 1.79. The number of anilines is 1. The molecule has 1 atom stereocenters. The molecule has 1 rings (SSSR count). The summed E-state index contributed by atoms with van der Waals surface area (Å²) in [4.78, 5) is 25.5. The van der Waals surface area contributed by atoms with E-state index in [1.165, 1.54) is 0 Å². The molecule has 0 saturated carbocycles. The van der Waals surface area contributed by atoms with Gasteiger partial charge < -0.3 is 15.4 Å². The molecule has 0 saturated heterocycles. The normalized spacial score (nSPS) is 11.8.